The first-order valence-electron chi connectivity index (χ1n) is 4.75. The molecule has 0 fully saturated rings. The van der Waals surface area contributed by atoms with Crippen LogP contribution in [0.25, 0.3) is 0 Å². The molecule has 0 heterocycles. The summed E-state index contributed by atoms with van der Waals surface area (Å²) in [6.07, 6.45) is 0. The summed E-state index contributed by atoms with van der Waals surface area (Å²) in [4.78, 5) is 6.78. The Kier molecular flexibility index (Phi) is 4.89. The van der Waals surface area contributed by atoms with E-state index < -0.39 is 0 Å². The second-order valence-corrected chi connectivity index (χ2v) is 4.87. The Morgan fingerprint density at radius 2 is 1.08 bits per heavy atom. The van der Waals surface area contributed by atoms with E-state index in [1.54, 1.807) is 0 Å². The highest BCUT2D eigenvalue weighted by Gasteiger charge is 2.27. The molecule has 0 unspecified atom stereocenters. The second kappa shape index (κ2) is 4.94. The lowest BCUT2D eigenvalue weighted by Crippen LogP contribution is -2.54. The van der Waals surface area contributed by atoms with E-state index in [1.807, 2.05) is 0 Å². The van der Waals surface area contributed by atoms with Gasteiger partial charge in [-0.3, -0.25) is 0 Å². The minimum atomic E-state index is 0.229. The predicted molar refractivity (Wildman–Crippen MR) is 59.2 cm³/mol. The van der Waals surface area contributed by atoms with E-state index in [2.05, 4.69) is 63.9 Å². The molecule has 0 aromatic rings. The predicted octanol–water partition coefficient (Wildman–Crippen LogP) is 0.430. The van der Waals surface area contributed by atoms with Crippen molar-refractivity contribution >= 4 is 0 Å². The Morgan fingerprint density at radius 1 is 0.769 bits per heavy atom. The van der Waals surface area contributed by atoms with Crippen molar-refractivity contribution in [1.82, 2.24) is 14.7 Å². The minimum absolute atomic E-state index is 0.229. The molecule has 3 heteroatoms. The summed E-state index contributed by atoms with van der Waals surface area (Å²) in [6.45, 7) is 4.46. The van der Waals surface area contributed by atoms with Gasteiger partial charge in [0.25, 0.3) is 0 Å². The van der Waals surface area contributed by atoms with Crippen molar-refractivity contribution < 1.29 is 0 Å². The summed E-state index contributed by atoms with van der Waals surface area (Å²) < 4.78 is 0. The number of nitrogens with zero attached hydrogens (tertiary/aromatic N) is 3. The highest BCUT2D eigenvalue weighted by molar-refractivity contribution is 4.87. The molecule has 0 saturated carbocycles. The summed E-state index contributed by atoms with van der Waals surface area (Å²) in [5.74, 6) is 0. The van der Waals surface area contributed by atoms with Crippen LogP contribution >= 0.6 is 0 Å². The Balaban J connectivity index is 4.34. The normalized spacial score (nSPS) is 13.4. The number of hydrogen-bond donors (Lipinski definition) is 0. The van der Waals surface area contributed by atoms with E-state index in [9.17, 15) is 0 Å². The molecule has 0 aliphatic rings. The van der Waals surface area contributed by atoms with Gasteiger partial charge >= 0.3 is 0 Å². The van der Waals surface area contributed by atoms with E-state index in [-0.39, 0.29) is 5.54 Å². The van der Waals surface area contributed by atoms with Crippen LogP contribution in [0.15, 0.2) is 0 Å². The van der Waals surface area contributed by atoms with E-state index in [4.69, 9.17) is 0 Å². The lowest BCUT2D eigenvalue weighted by Gasteiger charge is -2.40. The molecular weight excluding hydrogens is 162 g/mol. The monoisotopic (exact) mass is 187 g/mol. The number of hydrogen-bond acceptors (Lipinski definition) is 3. The fraction of sp³-hybridized carbons (Fsp3) is 1.00. The Labute approximate surface area is 83.3 Å². The van der Waals surface area contributed by atoms with Crippen molar-refractivity contribution in [2.45, 2.75) is 12.5 Å². The van der Waals surface area contributed by atoms with Gasteiger partial charge in [-0.15, -0.1) is 0 Å². The van der Waals surface area contributed by atoms with Crippen LogP contribution in [0.3, 0.4) is 0 Å². The van der Waals surface area contributed by atoms with E-state index in [0.29, 0.717) is 0 Å². The third-order valence-electron chi connectivity index (χ3n) is 2.39. The first-order valence-corrected chi connectivity index (χ1v) is 4.75. The van der Waals surface area contributed by atoms with E-state index in [0.717, 1.165) is 13.1 Å². The van der Waals surface area contributed by atoms with Gasteiger partial charge in [0.15, 0.2) is 0 Å². The third kappa shape index (κ3) is 4.60. The molecule has 0 amide bonds. The third-order valence-corrected chi connectivity index (χ3v) is 2.39. The SMILES string of the molecule is CN(C)CC(C)(CN(C)C)N(C)C. The average Bonchev–Trinajstić information content (AvgIpc) is 1.82. The highest BCUT2D eigenvalue weighted by atomic mass is 15.2. The van der Waals surface area contributed by atoms with Crippen molar-refractivity contribution in [2.24, 2.45) is 0 Å². The van der Waals surface area contributed by atoms with Gasteiger partial charge in [0, 0.05) is 18.6 Å². The van der Waals surface area contributed by atoms with Crippen LogP contribution in [0, 0.1) is 0 Å². The maximum absolute atomic E-state index is 2.30. The fourth-order valence-corrected chi connectivity index (χ4v) is 1.70. The first kappa shape index (κ1) is 12.9. The summed E-state index contributed by atoms with van der Waals surface area (Å²) in [7, 11) is 12.8. The minimum Gasteiger partial charge on any atom is -0.308 e. The van der Waals surface area contributed by atoms with Gasteiger partial charge in [-0.2, -0.15) is 0 Å². The van der Waals surface area contributed by atoms with Crippen LogP contribution in [0.4, 0.5) is 0 Å². The molecule has 0 aromatic carbocycles. The molecule has 0 saturated heterocycles. The second-order valence-electron chi connectivity index (χ2n) is 4.87. The fourth-order valence-electron chi connectivity index (χ4n) is 1.70. The zero-order valence-corrected chi connectivity index (χ0v) is 10.3. The Hall–Kier alpha value is -0.120. The molecule has 0 bridgehead atoms. The molecule has 80 valence electrons. The van der Waals surface area contributed by atoms with Gasteiger partial charge in [-0.05, 0) is 49.2 Å². The van der Waals surface area contributed by atoms with Crippen molar-refractivity contribution in [3.63, 3.8) is 0 Å². The van der Waals surface area contributed by atoms with Crippen LogP contribution in [0.1, 0.15) is 6.92 Å². The van der Waals surface area contributed by atoms with Crippen LogP contribution in [-0.2, 0) is 0 Å². The molecule has 0 atom stereocenters. The van der Waals surface area contributed by atoms with Crippen molar-refractivity contribution in [2.75, 3.05) is 55.4 Å². The lowest BCUT2D eigenvalue weighted by atomic mass is 10.00. The Bertz CT molecular complexity index is 131. The summed E-state index contributed by atoms with van der Waals surface area (Å²) in [5.41, 5.74) is 0.229. The molecule has 0 spiro atoms. The largest absolute Gasteiger partial charge is 0.308 e. The summed E-state index contributed by atoms with van der Waals surface area (Å²) in [5, 5.41) is 0. The highest BCUT2D eigenvalue weighted by Crippen LogP contribution is 2.13. The Morgan fingerprint density at radius 3 is 1.23 bits per heavy atom. The van der Waals surface area contributed by atoms with Crippen LogP contribution in [0.5, 0.6) is 0 Å². The van der Waals surface area contributed by atoms with Crippen LogP contribution in [-0.4, -0.2) is 75.6 Å². The molecule has 0 radical (unpaired) electrons. The molecular formula is C10H25N3. The van der Waals surface area contributed by atoms with Gasteiger partial charge in [0.2, 0.25) is 0 Å². The van der Waals surface area contributed by atoms with Crippen LogP contribution in [0.2, 0.25) is 0 Å². The zero-order chi connectivity index (χ0) is 10.6. The first-order chi connectivity index (χ1) is 5.78. The van der Waals surface area contributed by atoms with Crippen molar-refractivity contribution in [1.29, 1.82) is 0 Å². The van der Waals surface area contributed by atoms with Gasteiger partial charge in [0.05, 0.1) is 0 Å². The van der Waals surface area contributed by atoms with Gasteiger partial charge in [0.1, 0.15) is 0 Å². The van der Waals surface area contributed by atoms with E-state index >= 15 is 0 Å². The van der Waals surface area contributed by atoms with Gasteiger partial charge in [-0.25, -0.2) is 0 Å². The summed E-state index contributed by atoms with van der Waals surface area (Å²) >= 11 is 0. The van der Waals surface area contributed by atoms with E-state index in [1.165, 1.54) is 0 Å². The molecule has 0 aliphatic carbocycles. The quantitative estimate of drug-likeness (QED) is 0.618. The molecule has 13 heavy (non-hydrogen) atoms. The van der Waals surface area contributed by atoms with Crippen LogP contribution < -0.4 is 0 Å². The number of likely N-dealkylation sites (N-methyl/N-ethyl adjacent to an activating group) is 3. The van der Waals surface area contributed by atoms with Crippen molar-refractivity contribution in [3.8, 4) is 0 Å². The maximum Gasteiger partial charge on any atom is 0.0428 e. The lowest BCUT2D eigenvalue weighted by molar-refractivity contribution is 0.0963. The molecule has 0 aliphatic heterocycles. The zero-order valence-electron chi connectivity index (χ0n) is 10.3. The molecule has 3 nitrogen and oxygen atoms in total. The standard InChI is InChI=1S/C10H25N3/c1-10(13(6)7,8-11(2)3)9-12(4)5/h8-9H2,1-7H3. The van der Waals surface area contributed by atoms with Gasteiger partial charge in [-0.1, -0.05) is 0 Å². The van der Waals surface area contributed by atoms with Crippen molar-refractivity contribution in [3.05, 3.63) is 0 Å². The topological polar surface area (TPSA) is 9.72 Å². The molecule has 0 rings (SSSR count). The summed E-state index contributed by atoms with van der Waals surface area (Å²) in [6, 6.07) is 0. The number of rotatable bonds is 5. The average molecular weight is 187 g/mol. The molecule has 0 aromatic heterocycles. The van der Waals surface area contributed by atoms with Gasteiger partial charge < -0.3 is 14.7 Å². The molecule has 0 N–H and O–H groups in total. The maximum atomic E-state index is 2.30. The smallest absolute Gasteiger partial charge is 0.0428 e.